The van der Waals surface area contributed by atoms with E-state index < -0.39 is 29.4 Å². The number of halogens is 2. The monoisotopic (exact) mass is 286 g/mol. The molecule has 1 rings (SSSR count). The SMILES string of the molecule is CC(C)(C)OC(=O)NCC(N)Cc1cccc(F)c1F. The van der Waals surface area contributed by atoms with Crippen LogP contribution in [0.5, 0.6) is 0 Å². The van der Waals surface area contributed by atoms with Crippen molar-refractivity contribution >= 4 is 6.09 Å². The fourth-order valence-electron chi connectivity index (χ4n) is 1.59. The van der Waals surface area contributed by atoms with Gasteiger partial charge in [-0.15, -0.1) is 0 Å². The zero-order valence-corrected chi connectivity index (χ0v) is 11.9. The summed E-state index contributed by atoms with van der Waals surface area (Å²) in [6.07, 6.45) is -0.466. The molecule has 1 atom stereocenters. The van der Waals surface area contributed by atoms with E-state index in [1.165, 1.54) is 12.1 Å². The number of hydrogen-bond donors (Lipinski definition) is 2. The number of amides is 1. The summed E-state index contributed by atoms with van der Waals surface area (Å²) in [5.41, 5.74) is 5.37. The number of benzene rings is 1. The number of carbonyl (C=O) groups excluding carboxylic acids is 1. The van der Waals surface area contributed by atoms with Crippen LogP contribution in [0.25, 0.3) is 0 Å². The summed E-state index contributed by atoms with van der Waals surface area (Å²) in [6, 6.07) is 3.40. The molecule has 112 valence electrons. The Morgan fingerprint density at radius 2 is 2.05 bits per heavy atom. The molecule has 0 heterocycles. The lowest BCUT2D eigenvalue weighted by molar-refractivity contribution is 0.0524. The van der Waals surface area contributed by atoms with Crippen LogP contribution in [0.1, 0.15) is 26.3 Å². The lowest BCUT2D eigenvalue weighted by atomic mass is 10.1. The van der Waals surface area contributed by atoms with Crippen molar-refractivity contribution in [1.29, 1.82) is 0 Å². The Morgan fingerprint density at radius 1 is 1.40 bits per heavy atom. The molecule has 1 aromatic rings. The van der Waals surface area contributed by atoms with Gasteiger partial charge in [-0.25, -0.2) is 13.6 Å². The molecular formula is C14H20F2N2O2. The van der Waals surface area contributed by atoms with Crippen LogP contribution in [0, 0.1) is 11.6 Å². The summed E-state index contributed by atoms with van der Waals surface area (Å²) in [4.78, 5) is 11.4. The minimum atomic E-state index is -0.908. The van der Waals surface area contributed by atoms with Crippen molar-refractivity contribution < 1.29 is 18.3 Å². The average molecular weight is 286 g/mol. The maximum atomic E-state index is 13.4. The van der Waals surface area contributed by atoms with Gasteiger partial charge in [-0.2, -0.15) is 0 Å². The number of alkyl carbamates (subject to hydrolysis) is 1. The van der Waals surface area contributed by atoms with Gasteiger partial charge in [-0.3, -0.25) is 0 Å². The standard InChI is InChI=1S/C14H20F2N2O2/c1-14(2,3)20-13(19)18-8-10(17)7-9-5-4-6-11(15)12(9)16/h4-6,10H,7-8,17H2,1-3H3,(H,18,19). The van der Waals surface area contributed by atoms with Gasteiger partial charge in [0.15, 0.2) is 11.6 Å². The van der Waals surface area contributed by atoms with Crippen LogP contribution in [0.2, 0.25) is 0 Å². The summed E-state index contributed by atoms with van der Waals surface area (Å²) in [5.74, 6) is -1.81. The third kappa shape index (κ3) is 5.52. The van der Waals surface area contributed by atoms with Gasteiger partial charge in [0.25, 0.3) is 0 Å². The Labute approximate surface area is 117 Å². The molecule has 0 saturated heterocycles. The van der Waals surface area contributed by atoms with Crippen molar-refractivity contribution in [2.75, 3.05) is 6.54 Å². The second-order valence-electron chi connectivity index (χ2n) is 5.56. The van der Waals surface area contributed by atoms with Crippen LogP contribution in [-0.4, -0.2) is 24.3 Å². The highest BCUT2D eigenvalue weighted by atomic mass is 19.2. The number of nitrogens with one attached hydrogen (secondary N) is 1. The molecule has 1 amide bonds. The highest BCUT2D eigenvalue weighted by Gasteiger charge is 2.17. The van der Waals surface area contributed by atoms with Gasteiger partial charge in [0, 0.05) is 12.6 Å². The van der Waals surface area contributed by atoms with Gasteiger partial charge < -0.3 is 15.8 Å². The predicted molar refractivity (Wildman–Crippen MR) is 72.3 cm³/mol. The van der Waals surface area contributed by atoms with E-state index >= 15 is 0 Å². The van der Waals surface area contributed by atoms with E-state index in [-0.39, 0.29) is 18.5 Å². The molecule has 3 N–H and O–H groups in total. The summed E-state index contributed by atoms with van der Waals surface area (Å²) in [5, 5.41) is 2.49. The molecule has 0 saturated carbocycles. The van der Waals surface area contributed by atoms with Crippen molar-refractivity contribution in [2.45, 2.75) is 38.8 Å². The molecule has 1 unspecified atom stereocenters. The van der Waals surface area contributed by atoms with Gasteiger partial charge in [-0.05, 0) is 38.8 Å². The first kappa shape index (κ1) is 16.4. The highest BCUT2D eigenvalue weighted by Crippen LogP contribution is 2.12. The maximum Gasteiger partial charge on any atom is 0.407 e. The van der Waals surface area contributed by atoms with Crippen LogP contribution in [-0.2, 0) is 11.2 Å². The number of ether oxygens (including phenoxy) is 1. The van der Waals surface area contributed by atoms with Crippen LogP contribution >= 0.6 is 0 Å². The molecule has 0 aromatic heterocycles. The molecule has 1 aromatic carbocycles. The third-order valence-electron chi connectivity index (χ3n) is 2.42. The zero-order chi connectivity index (χ0) is 15.3. The lowest BCUT2D eigenvalue weighted by Gasteiger charge is -2.20. The molecular weight excluding hydrogens is 266 g/mol. The van der Waals surface area contributed by atoms with Crippen molar-refractivity contribution in [1.82, 2.24) is 5.32 Å². The summed E-state index contributed by atoms with van der Waals surface area (Å²) < 4.78 is 31.5. The maximum absolute atomic E-state index is 13.4. The van der Waals surface area contributed by atoms with Gasteiger partial charge in [-0.1, -0.05) is 12.1 Å². The number of nitrogens with two attached hydrogens (primary N) is 1. The predicted octanol–water partition coefficient (Wildman–Crippen LogP) is 2.36. The van der Waals surface area contributed by atoms with Crippen LogP contribution in [0.4, 0.5) is 13.6 Å². The van der Waals surface area contributed by atoms with Crippen molar-refractivity contribution in [3.05, 3.63) is 35.4 Å². The van der Waals surface area contributed by atoms with Crippen LogP contribution in [0.15, 0.2) is 18.2 Å². The fourth-order valence-corrected chi connectivity index (χ4v) is 1.59. The summed E-state index contributed by atoms with van der Waals surface area (Å²) >= 11 is 0. The largest absolute Gasteiger partial charge is 0.444 e. The second-order valence-corrected chi connectivity index (χ2v) is 5.56. The molecule has 0 spiro atoms. The van der Waals surface area contributed by atoms with E-state index in [1.54, 1.807) is 20.8 Å². The Morgan fingerprint density at radius 3 is 2.65 bits per heavy atom. The van der Waals surface area contributed by atoms with Crippen molar-refractivity contribution in [3.63, 3.8) is 0 Å². The average Bonchev–Trinajstić information content (AvgIpc) is 2.30. The molecule has 0 fully saturated rings. The molecule has 0 aliphatic carbocycles. The van der Waals surface area contributed by atoms with E-state index in [9.17, 15) is 13.6 Å². The van der Waals surface area contributed by atoms with E-state index in [0.29, 0.717) is 0 Å². The minimum Gasteiger partial charge on any atom is -0.444 e. The minimum absolute atomic E-state index is 0.116. The fraction of sp³-hybridized carbons (Fsp3) is 0.500. The van der Waals surface area contributed by atoms with Gasteiger partial charge >= 0.3 is 6.09 Å². The normalized spacial score (nSPS) is 12.9. The Balaban J connectivity index is 2.46. The smallest absolute Gasteiger partial charge is 0.407 e. The van der Waals surface area contributed by atoms with Crippen LogP contribution < -0.4 is 11.1 Å². The first-order chi connectivity index (χ1) is 9.19. The van der Waals surface area contributed by atoms with Gasteiger partial charge in [0.05, 0.1) is 0 Å². The summed E-state index contributed by atoms with van der Waals surface area (Å²) in [6.45, 7) is 5.35. The highest BCUT2D eigenvalue weighted by molar-refractivity contribution is 5.67. The summed E-state index contributed by atoms with van der Waals surface area (Å²) in [7, 11) is 0. The number of rotatable bonds is 4. The molecule has 20 heavy (non-hydrogen) atoms. The Bertz CT molecular complexity index is 473. The molecule has 6 heteroatoms. The molecule has 0 aliphatic rings. The topological polar surface area (TPSA) is 64.3 Å². The Hall–Kier alpha value is -1.69. The van der Waals surface area contributed by atoms with Gasteiger partial charge in [0.2, 0.25) is 0 Å². The van der Waals surface area contributed by atoms with E-state index in [2.05, 4.69) is 5.32 Å². The zero-order valence-electron chi connectivity index (χ0n) is 11.9. The first-order valence-electron chi connectivity index (χ1n) is 6.34. The third-order valence-corrected chi connectivity index (χ3v) is 2.42. The molecule has 0 bridgehead atoms. The second kappa shape index (κ2) is 6.65. The lowest BCUT2D eigenvalue weighted by Crippen LogP contribution is -2.41. The molecule has 0 radical (unpaired) electrons. The number of hydrogen-bond acceptors (Lipinski definition) is 3. The molecule has 0 aliphatic heterocycles. The van der Waals surface area contributed by atoms with Crippen LogP contribution in [0.3, 0.4) is 0 Å². The van der Waals surface area contributed by atoms with E-state index in [4.69, 9.17) is 10.5 Å². The van der Waals surface area contributed by atoms with E-state index in [1.807, 2.05) is 0 Å². The van der Waals surface area contributed by atoms with E-state index in [0.717, 1.165) is 6.07 Å². The van der Waals surface area contributed by atoms with Gasteiger partial charge in [0.1, 0.15) is 5.60 Å². The number of carbonyl (C=O) groups is 1. The quantitative estimate of drug-likeness (QED) is 0.893. The first-order valence-corrected chi connectivity index (χ1v) is 6.34. The Kier molecular flexibility index (Phi) is 5.44. The van der Waals surface area contributed by atoms with Crippen molar-refractivity contribution in [3.8, 4) is 0 Å². The van der Waals surface area contributed by atoms with Crippen molar-refractivity contribution in [2.24, 2.45) is 5.73 Å². The molecule has 4 nitrogen and oxygen atoms in total.